The minimum absolute atomic E-state index is 0.0432. The number of nitrogens with one attached hydrogen (secondary N) is 2. The fourth-order valence-corrected chi connectivity index (χ4v) is 3.04. The van der Waals surface area contributed by atoms with Crippen LogP contribution >= 0.6 is 11.6 Å². The van der Waals surface area contributed by atoms with E-state index in [1.165, 1.54) is 5.56 Å². The maximum absolute atomic E-state index is 11.4. The standard InChI is InChI=1S/C17H17ClN2O/c1-19-17(13-4-2-3-5-14(13)18)12-6-8-15-11(10-12)7-9-16(21)20-15/h2-6,8,10,17,19H,7,9H2,1H3,(H,20,21). The Morgan fingerprint density at radius 2 is 2.00 bits per heavy atom. The zero-order valence-electron chi connectivity index (χ0n) is 11.8. The SMILES string of the molecule is CNC(c1ccc2c(c1)CCC(=O)N2)c1ccccc1Cl. The lowest BCUT2D eigenvalue weighted by atomic mass is 9.94. The predicted octanol–water partition coefficient (Wildman–Crippen LogP) is 3.53. The number of hydrogen-bond acceptors (Lipinski definition) is 2. The van der Waals surface area contributed by atoms with Gasteiger partial charge in [-0.05, 0) is 42.3 Å². The summed E-state index contributed by atoms with van der Waals surface area (Å²) >= 11 is 6.31. The molecule has 0 fully saturated rings. The van der Waals surface area contributed by atoms with Gasteiger partial charge in [0.1, 0.15) is 0 Å². The van der Waals surface area contributed by atoms with Gasteiger partial charge in [-0.25, -0.2) is 0 Å². The smallest absolute Gasteiger partial charge is 0.224 e. The molecule has 108 valence electrons. The van der Waals surface area contributed by atoms with E-state index in [9.17, 15) is 4.79 Å². The molecule has 1 atom stereocenters. The number of hydrogen-bond donors (Lipinski definition) is 2. The topological polar surface area (TPSA) is 41.1 Å². The Kier molecular flexibility index (Phi) is 3.95. The molecule has 0 bridgehead atoms. The van der Waals surface area contributed by atoms with Crippen molar-refractivity contribution >= 4 is 23.2 Å². The van der Waals surface area contributed by atoms with E-state index >= 15 is 0 Å². The third kappa shape index (κ3) is 2.80. The summed E-state index contributed by atoms with van der Waals surface area (Å²) in [6, 6.07) is 14.1. The Hall–Kier alpha value is -1.84. The van der Waals surface area contributed by atoms with Gasteiger partial charge in [0.05, 0.1) is 6.04 Å². The molecule has 0 saturated carbocycles. The van der Waals surface area contributed by atoms with Gasteiger partial charge in [-0.2, -0.15) is 0 Å². The van der Waals surface area contributed by atoms with Crippen LogP contribution < -0.4 is 10.6 Å². The number of halogens is 1. The molecule has 0 aliphatic carbocycles. The minimum atomic E-state index is 0.0432. The molecule has 1 unspecified atom stereocenters. The van der Waals surface area contributed by atoms with Gasteiger partial charge in [-0.3, -0.25) is 4.79 Å². The molecule has 3 nitrogen and oxygen atoms in total. The van der Waals surface area contributed by atoms with Crippen molar-refractivity contribution in [3.05, 3.63) is 64.2 Å². The molecule has 2 N–H and O–H groups in total. The molecule has 0 radical (unpaired) electrons. The van der Waals surface area contributed by atoms with Gasteiger partial charge in [0, 0.05) is 17.1 Å². The van der Waals surface area contributed by atoms with Crippen molar-refractivity contribution in [1.29, 1.82) is 0 Å². The van der Waals surface area contributed by atoms with Gasteiger partial charge in [0.15, 0.2) is 0 Å². The summed E-state index contributed by atoms with van der Waals surface area (Å²) in [5.74, 6) is 0.0894. The summed E-state index contributed by atoms with van der Waals surface area (Å²) in [7, 11) is 1.93. The number of aryl methyl sites for hydroxylation is 1. The van der Waals surface area contributed by atoms with Crippen LogP contribution in [0.15, 0.2) is 42.5 Å². The van der Waals surface area contributed by atoms with Crippen LogP contribution in [0.2, 0.25) is 5.02 Å². The molecule has 1 aliphatic rings. The first kappa shape index (κ1) is 14.1. The van der Waals surface area contributed by atoms with Crippen LogP contribution in [0.1, 0.15) is 29.2 Å². The maximum atomic E-state index is 11.4. The van der Waals surface area contributed by atoms with E-state index in [1.807, 2.05) is 43.4 Å². The average Bonchev–Trinajstić information content (AvgIpc) is 2.50. The molecule has 1 aliphatic heterocycles. The monoisotopic (exact) mass is 300 g/mol. The lowest BCUT2D eigenvalue weighted by molar-refractivity contribution is -0.116. The second-order valence-electron chi connectivity index (χ2n) is 5.21. The van der Waals surface area contributed by atoms with Crippen LogP contribution in [0, 0.1) is 0 Å². The average molecular weight is 301 g/mol. The van der Waals surface area contributed by atoms with Crippen molar-refractivity contribution in [3.63, 3.8) is 0 Å². The van der Waals surface area contributed by atoms with Crippen LogP contribution in [0.5, 0.6) is 0 Å². The highest BCUT2D eigenvalue weighted by Crippen LogP contribution is 2.31. The second-order valence-corrected chi connectivity index (χ2v) is 5.62. The van der Waals surface area contributed by atoms with Crippen LogP contribution in [-0.4, -0.2) is 13.0 Å². The number of rotatable bonds is 3. The zero-order chi connectivity index (χ0) is 14.8. The quantitative estimate of drug-likeness (QED) is 0.910. The van der Waals surface area contributed by atoms with Crippen molar-refractivity contribution in [2.75, 3.05) is 12.4 Å². The minimum Gasteiger partial charge on any atom is -0.326 e. The predicted molar refractivity (Wildman–Crippen MR) is 85.7 cm³/mol. The second kappa shape index (κ2) is 5.88. The fourth-order valence-electron chi connectivity index (χ4n) is 2.79. The molecule has 0 spiro atoms. The highest BCUT2D eigenvalue weighted by atomic mass is 35.5. The van der Waals surface area contributed by atoms with Crippen LogP contribution in [0.3, 0.4) is 0 Å². The summed E-state index contributed by atoms with van der Waals surface area (Å²) in [6.45, 7) is 0. The third-order valence-corrected chi connectivity index (χ3v) is 4.21. The molecular formula is C17H17ClN2O. The van der Waals surface area contributed by atoms with Crippen LogP contribution in [0.4, 0.5) is 5.69 Å². The van der Waals surface area contributed by atoms with Crippen molar-refractivity contribution < 1.29 is 4.79 Å². The summed E-state index contributed by atoms with van der Waals surface area (Å²) in [5, 5.41) is 6.98. The van der Waals surface area contributed by atoms with E-state index in [1.54, 1.807) is 0 Å². The molecule has 3 rings (SSSR count). The van der Waals surface area contributed by atoms with Crippen molar-refractivity contribution in [2.45, 2.75) is 18.9 Å². The summed E-state index contributed by atoms with van der Waals surface area (Å²) in [4.78, 5) is 11.4. The van der Waals surface area contributed by atoms with Gasteiger partial charge >= 0.3 is 0 Å². The Bertz CT molecular complexity index is 684. The first-order valence-corrected chi connectivity index (χ1v) is 7.41. The molecular weight excluding hydrogens is 284 g/mol. The number of carbonyl (C=O) groups excluding carboxylic acids is 1. The zero-order valence-corrected chi connectivity index (χ0v) is 12.6. The molecule has 0 saturated heterocycles. The Morgan fingerprint density at radius 3 is 2.76 bits per heavy atom. The van der Waals surface area contributed by atoms with E-state index < -0.39 is 0 Å². The van der Waals surface area contributed by atoms with Gasteiger partial charge in [-0.15, -0.1) is 0 Å². The highest BCUT2D eigenvalue weighted by molar-refractivity contribution is 6.31. The molecule has 1 heterocycles. The summed E-state index contributed by atoms with van der Waals surface area (Å²) in [6.07, 6.45) is 1.33. The van der Waals surface area contributed by atoms with E-state index in [4.69, 9.17) is 11.6 Å². The first-order valence-electron chi connectivity index (χ1n) is 7.03. The summed E-state index contributed by atoms with van der Waals surface area (Å²) in [5.41, 5.74) is 4.31. The number of amides is 1. The number of benzene rings is 2. The normalized spacial score (nSPS) is 15.2. The lowest BCUT2D eigenvalue weighted by Crippen LogP contribution is -2.21. The van der Waals surface area contributed by atoms with Crippen molar-refractivity contribution in [3.8, 4) is 0 Å². The van der Waals surface area contributed by atoms with Gasteiger partial charge in [0.25, 0.3) is 0 Å². The van der Waals surface area contributed by atoms with Gasteiger partial charge in [-0.1, -0.05) is 41.9 Å². The number of fused-ring (bicyclic) bond motifs is 1. The Balaban J connectivity index is 1.99. The van der Waals surface area contributed by atoms with Crippen LogP contribution in [-0.2, 0) is 11.2 Å². The van der Waals surface area contributed by atoms with Crippen molar-refractivity contribution in [2.24, 2.45) is 0 Å². The molecule has 21 heavy (non-hydrogen) atoms. The van der Waals surface area contributed by atoms with Crippen LogP contribution in [0.25, 0.3) is 0 Å². The molecule has 0 aromatic heterocycles. The van der Waals surface area contributed by atoms with E-state index in [-0.39, 0.29) is 11.9 Å². The molecule has 4 heteroatoms. The maximum Gasteiger partial charge on any atom is 0.224 e. The van der Waals surface area contributed by atoms with Gasteiger partial charge in [0.2, 0.25) is 5.91 Å². The molecule has 2 aromatic carbocycles. The number of anilines is 1. The molecule has 2 aromatic rings. The highest BCUT2D eigenvalue weighted by Gasteiger charge is 2.19. The lowest BCUT2D eigenvalue weighted by Gasteiger charge is -2.22. The molecule has 1 amide bonds. The van der Waals surface area contributed by atoms with E-state index in [0.29, 0.717) is 6.42 Å². The van der Waals surface area contributed by atoms with E-state index in [2.05, 4.69) is 16.7 Å². The fraction of sp³-hybridized carbons (Fsp3) is 0.235. The summed E-state index contributed by atoms with van der Waals surface area (Å²) < 4.78 is 0. The first-order chi connectivity index (χ1) is 10.2. The number of carbonyl (C=O) groups is 1. The van der Waals surface area contributed by atoms with E-state index in [0.717, 1.165) is 28.3 Å². The van der Waals surface area contributed by atoms with Crippen molar-refractivity contribution in [1.82, 2.24) is 5.32 Å². The Morgan fingerprint density at radius 1 is 1.19 bits per heavy atom. The van der Waals surface area contributed by atoms with Gasteiger partial charge < -0.3 is 10.6 Å². The Labute approximate surface area is 129 Å². The third-order valence-electron chi connectivity index (χ3n) is 3.86. The largest absolute Gasteiger partial charge is 0.326 e.